The topological polar surface area (TPSA) is 84.2 Å². The molecule has 5 nitrogen and oxygen atoms in total. The molecule has 0 aliphatic heterocycles. The van der Waals surface area contributed by atoms with Crippen LogP contribution in [0.4, 0.5) is 10.1 Å². The largest absolute Gasteiger partial charge is 0.349 e. The maximum atomic E-state index is 13.6. The maximum absolute atomic E-state index is 13.6. The van der Waals surface area contributed by atoms with Crippen molar-refractivity contribution in [1.82, 2.24) is 5.32 Å². The van der Waals surface area contributed by atoms with E-state index in [1.807, 2.05) is 0 Å². The molecule has 2 unspecified atom stereocenters. The molecule has 2 rings (SSSR count). The molecule has 21 heavy (non-hydrogen) atoms. The summed E-state index contributed by atoms with van der Waals surface area (Å²) in [6.45, 7) is 1.84. The number of benzene rings is 1. The predicted octanol–water partition coefficient (Wildman–Crippen LogP) is 1.64. The fraction of sp³-hybridized carbons (Fsp3) is 0.467. The van der Waals surface area contributed by atoms with Gasteiger partial charge in [0.25, 0.3) is 5.91 Å². The number of rotatable bonds is 4. The lowest BCUT2D eigenvalue weighted by atomic mass is 10.0. The third-order valence-electron chi connectivity index (χ3n) is 3.82. The Morgan fingerprint density at radius 3 is 2.81 bits per heavy atom. The first kappa shape index (κ1) is 15.4. The number of hydrogen-bond acceptors (Lipinski definition) is 3. The molecule has 0 radical (unpaired) electrons. The van der Waals surface area contributed by atoms with E-state index in [1.165, 1.54) is 25.1 Å². The van der Waals surface area contributed by atoms with E-state index < -0.39 is 5.82 Å². The highest BCUT2D eigenvalue weighted by molar-refractivity contribution is 5.97. The average Bonchev–Trinajstić information content (AvgIpc) is 2.87. The van der Waals surface area contributed by atoms with Gasteiger partial charge >= 0.3 is 0 Å². The number of hydrogen-bond donors (Lipinski definition) is 3. The van der Waals surface area contributed by atoms with Gasteiger partial charge in [0.15, 0.2) is 0 Å². The summed E-state index contributed by atoms with van der Waals surface area (Å²) in [7, 11) is 0. The van der Waals surface area contributed by atoms with Gasteiger partial charge < -0.3 is 16.4 Å². The molecule has 0 heterocycles. The monoisotopic (exact) mass is 293 g/mol. The average molecular weight is 293 g/mol. The zero-order valence-corrected chi connectivity index (χ0v) is 12.0. The normalized spacial score (nSPS) is 21.1. The van der Waals surface area contributed by atoms with Crippen LogP contribution in [0.5, 0.6) is 0 Å². The maximum Gasteiger partial charge on any atom is 0.251 e. The van der Waals surface area contributed by atoms with Gasteiger partial charge in [0.1, 0.15) is 5.82 Å². The number of carbonyl (C=O) groups is 2. The Kier molecular flexibility index (Phi) is 4.90. The van der Waals surface area contributed by atoms with Gasteiger partial charge in [0.05, 0.1) is 5.69 Å². The minimum atomic E-state index is -0.567. The van der Waals surface area contributed by atoms with Crippen LogP contribution in [0.15, 0.2) is 18.2 Å². The second-order valence-corrected chi connectivity index (χ2v) is 5.38. The van der Waals surface area contributed by atoms with E-state index in [4.69, 9.17) is 5.73 Å². The molecule has 2 atom stereocenters. The van der Waals surface area contributed by atoms with Gasteiger partial charge in [-0.05, 0) is 43.5 Å². The van der Waals surface area contributed by atoms with Gasteiger partial charge in [-0.3, -0.25) is 9.59 Å². The quantitative estimate of drug-likeness (QED) is 0.789. The molecule has 1 aromatic rings. The molecule has 1 aromatic carbocycles. The van der Waals surface area contributed by atoms with Crippen LogP contribution in [0.25, 0.3) is 0 Å². The molecular weight excluding hydrogens is 273 g/mol. The minimum Gasteiger partial charge on any atom is -0.349 e. The zero-order valence-electron chi connectivity index (χ0n) is 12.0. The highest BCUT2D eigenvalue weighted by atomic mass is 19.1. The Bertz CT molecular complexity index is 548. The Morgan fingerprint density at radius 1 is 1.38 bits per heavy atom. The van der Waals surface area contributed by atoms with Crippen LogP contribution in [-0.4, -0.2) is 24.4 Å². The van der Waals surface area contributed by atoms with Crippen molar-refractivity contribution in [2.75, 3.05) is 11.9 Å². The number of nitrogens with two attached hydrogens (primary N) is 1. The highest BCUT2D eigenvalue weighted by Gasteiger charge is 2.27. The molecule has 0 saturated heterocycles. The molecule has 0 aromatic heterocycles. The Labute approximate surface area is 123 Å². The highest BCUT2D eigenvalue weighted by Crippen LogP contribution is 2.25. The van der Waals surface area contributed by atoms with Crippen LogP contribution in [0, 0.1) is 11.7 Å². The molecule has 0 spiro atoms. The van der Waals surface area contributed by atoms with E-state index in [1.54, 1.807) is 0 Å². The first-order valence-corrected chi connectivity index (χ1v) is 7.09. The second kappa shape index (κ2) is 6.67. The lowest BCUT2D eigenvalue weighted by molar-refractivity contribution is -0.114. The van der Waals surface area contributed by atoms with Crippen molar-refractivity contribution in [3.8, 4) is 0 Å². The third kappa shape index (κ3) is 3.78. The molecule has 1 fully saturated rings. The van der Waals surface area contributed by atoms with E-state index in [0.717, 1.165) is 19.3 Å². The number of anilines is 1. The van der Waals surface area contributed by atoms with Crippen molar-refractivity contribution in [2.45, 2.75) is 32.2 Å². The van der Waals surface area contributed by atoms with Crippen LogP contribution >= 0.6 is 0 Å². The fourth-order valence-electron chi connectivity index (χ4n) is 2.71. The van der Waals surface area contributed by atoms with Crippen LogP contribution in [0.2, 0.25) is 0 Å². The van der Waals surface area contributed by atoms with E-state index in [0.29, 0.717) is 18.0 Å². The third-order valence-corrected chi connectivity index (χ3v) is 3.82. The molecule has 6 heteroatoms. The summed E-state index contributed by atoms with van der Waals surface area (Å²) in [5.74, 6) is -0.927. The summed E-state index contributed by atoms with van der Waals surface area (Å²) in [5.41, 5.74) is 6.02. The summed E-state index contributed by atoms with van der Waals surface area (Å²) < 4.78 is 13.6. The van der Waals surface area contributed by atoms with E-state index in [2.05, 4.69) is 10.6 Å². The Balaban J connectivity index is 2.10. The van der Waals surface area contributed by atoms with E-state index >= 15 is 0 Å². The van der Waals surface area contributed by atoms with Crippen molar-refractivity contribution < 1.29 is 14.0 Å². The first-order chi connectivity index (χ1) is 10.0. The van der Waals surface area contributed by atoms with Gasteiger partial charge in [0.2, 0.25) is 5.91 Å². The number of nitrogens with one attached hydrogen (secondary N) is 2. The summed E-state index contributed by atoms with van der Waals surface area (Å²) in [6.07, 6.45) is 2.97. The molecule has 1 aliphatic carbocycles. The second-order valence-electron chi connectivity index (χ2n) is 5.38. The SMILES string of the molecule is CC(=O)Nc1cc(C(=O)NC2CCCC2CN)ccc1F. The van der Waals surface area contributed by atoms with Crippen molar-refractivity contribution in [1.29, 1.82) is 0 Å². The number of halogens is 1. The Hall–Kier alpha value is -1.95. The van der Waals surface area contributed by atoms with Crippen LogP contribution < -0.4 is 16.4 Å². The summed E-state index contributed by atoms with van der Waals surface area (Å²) in [6, 6.07) is 3.99. The number of amides is 2. The standard InChI is InChI=1S/C15H20FN3O2/c1-9(20)18-14-7-10(5-6-12(14)16)15(21)19-13-4-2-3-11(13)8-17/h5-7,11,13H,2-4,8,17H2,1H3,(H,18,20)(H,19,21). The van der Waals surface area contributed by atoms with Crippen molar-refractivity contribution in [3.05, 3.63) is 29.6 Å². The lowest BCUT2D eigenvalue weighted by Crippen LogP contribution is -2.39. The lowest BCUT2D eigenvalue weighted by Gasteiger charge is -2.19. The molecule has 4 N–H and O–H groups in total. The fourth-order valence-corrected chi connectivity index (χ4v) is 2.71. The summed E-state index contributed by atoms with van der Waals surface area (Å²) >= 11 is 0. The first-order valence-electron chi connectivity index (χ1n) is 7.09. The van der Waals surface area contributed by atoms with Gasteiger partial charge in [-0.25, -0.2) is 4.39 Å². The number of carbonyl (C=O) groups excluding carboxylic acids is 2. The van der Waals surface area contributed by atoms with Gasteiger partial charge in [-0.2, -0.15) is 0 Å². The molecule has 114 valence electrons. The van der Waals surface area contributed by atoms with Crippen LogP contribution in [-0.2, 0) is 4.79 Å². The molecular formula is C15H20FN3O2. The van der Waals surface area contributed by atoms with E-state index in [-0.39, 0.29) is 23.5 Å². The van der Waals surface area contributed by atoms with Crippen molar-refractivity contribution in [3.63, 3.8) is 0 Å². The van der Waals surface area contributed by atoms with E-state index in [9.17, 15) is 14.0 Å². The van der Waals surface area contributed by atoms with Gasteiger partial charge in [-0.1, -0.05) is 6.42 Å². The van der Waals surface area contributed by atoms with Crippen molar-refractivity contribution >= 4 is 17.5 Å². The molecule has 0 bridgehead atoms. The van der Waals surface area contributed by atoms with Gasteiger partial charge in [-0.15, -0.1) is 0 Å². The minimum absolute atomic E-state index is 0.0111. The Morgan fingerprint density at radius 2 is 2.14 bits per heavy atom. The van der Waals surface area contributed by atoms with Crippen LogP contribution in [0.3, 0.4) is 0 Å². The van der Waals surface area contributed by atoms with Gasteiger partial charge in [0, 0.05) is 18.5 Å². The summed E-state index contributed by atoms with van der Waals surface area (Å²) in [5, 5.41) is 5.31. The smallest absolute Gasteiger partial charge is 0.251 e. The molecule has 1 saturated carbocycles. The summed E-state index contributed by atoms with van der Waals surface area (Å²) in [4.78, 5) is 23.2. The predicted molar refractivity (Wildman–Crippen MR) is 78.4 cm³/mol. The molecule has 1 aliphatic rings. The van der Waals surface area contributed by atoms with Crippen molar-refractivity contribution in [2.24, 2.45) is 11.7 Å². The zero-order chi connectivity index (χ0) is 15.4. The molecule has 2 amide bonds. The van der Waals surface area contributed by atoms with Crippen LogP contribution in [0.1, 0.15) is 36.5 Å².